The van der Waals surface area contributed by atoms with Crippen LogP contribution in [0.3, 0.4) is 0 Å². The van der Waals surface area contributed by atoms with Crippen LogP contribution < -0.4 is 5.32 Å². The van der Waals surface area contributed by atoms with Crippen molar-refractivity contribution in [3.63, 3.8) is 0 Å². The molecule has 0 fully saturated rings. The summed E-state index contributed by atoms with van der Waals surface area (Å²) in [6, 6.07) is 1.55. The van der Waals surface area contributed by atoms with Crippen molar-refractivity contribution >= 4 is 17.6 Å². The van der Waals surface area contributed by atoms with Crippen molar-refractivity contribution in [1.29, 1.82) is 0 Å². The highest BCUT2D eigenvalue weighted by molar-refractivity contribution is 6.03. The summed E-state index contributed by atoms with van der Waals surface area (Å²) in [6.45, 7) is 5.77. The predicted octanol–water partition coefficient (Wildman–Crippen LogP) is 2.49. The first-order valence-electron chi connectivity index (χ1n) is 5.92. The molecule has 0 atom stereocenters. The number of amides is 1. The van der Waals surface area contributed by atoms with Crippen LogP contribution in [-0.2, 0) is 9.53 Å². The Morgan fingerprint density at radius 3 is 2.78 bits per heavy atom. The van der Waals surface area contributed by atoms with Crippen LogP contribution in [0, 0.1) is 0 Å². The van der Waals surface area contributed by atoms with Gasteiger partial charge < -0.3 is 15.0 Å². The fourth-order valence-corrected chi connectivity index (χ4v) is 1.42. The molecule has 5 nitrogen and oxygen atoms in total. The Kier molecular flexibility index (Phi) is 5.17. The van der Waals surface area contributed by atoms with Crippen molar-refractivity contribution in [2.24, 2.45) is 0 Å². The molecule has 1 heterocycles. The van der Waals surface area contributed by atoms with Crippen molar-refractivity contribution in [1.82, 2.24) is 4.98 Å². The smallest absolute Gasteiger partial charge is 0.354 e. The Morgan fingerprint density at radius 2 is 2.17 bits per heavy atom. The summed E-state index contributed by atoms with van der Waals surface area (Å²) in [5, 5.41) is 2.70. The van der Waals surface area contributed by atoms with Crippen LogP contribution in [0.1, 0.15) is 37.7 Å². The summed E-state index contributed by atoms with van der Waals surface area (Å²) in [6.07, 6.45) is 4.21. The van der Waals surface area contributed by atoms with Gasteiger partial charge in [0.05, 0.1) is 12.3 Å². The number of hydrogen-bond acceptors (Lipinski definition) is 3. The van der Waals surface area contributed by atoms with Crippen LogP contribution >= 0.6 is 0 Å². The zero-order valence-corrected chi connectivity index (χ0v) is 10.9. The van der Waals surface area contributed by atoms with Gasteiger partial charge in [-0.05, 0) is 26.3 Å². The number of rotatable bonds is 5. The Hall–Kier alpha value is -2.04. The van der Waals surface area contributed by atoms with Crippen molar-refractivity contribution in [3.05, 3.63) is 29.6 Å². The summed E-state index contributed by atoms with van der Waals surface area (Å²) >= 11 is 0. The summed E-state index contributed by atoms with van der Waals surface area (Å²) in [5.41, 5.74) is 1.52. The molecule has 1 aromatic rings. The molecule has 1 rings (SSSR count). The predicted molar refractivity (Wildman–Crippen MR) is 69.4 cm³/mol. The normalized spacial score (nSPS) is 11.2. The van der Waals surface area contributed by atoms with E-state index in [0.717, 1.165) is 6.42 Å². The molecule has 18 heavy (non-hydrogen) atoms. The number of H-pyrrole nitrogens is 1. The number of hydrogen-bond donors (Lipinski definition) is 2. The van der Waals surface area contributed by atoms with E-state index >= 15 is 0 Å². The fourth-order valence-electron chi connectivity index (χ4n) is 1.42. The van der Waals surface area contributed by atoms with E-state index in [2.05, 4.69) is 10.3 Å². The number of allylic oxidation sites excluding steroid dienone is 1. The standard InChI is InChI=1S/C13H18N2O3/c1-4-6-9(3)12(16)15-10-7-11(14-8-10)13(17)18-5-2/h6-8,14H,4-5H2,1-3H3,(H,15,16)/b9-6-. The molecule has 0 aliphatic rings. The average Bonchev–Trinajstić information content (AvgIpc) is 2.78. The van der Waals surface area contributed by atoms with E-state index < -0.39 is 5.97 Å². The minimum absolute atomic E-state index is 0.175. The number of aromatic amines is 1. The van der Waals surface area contributed by atoms with Crippen LogP contribution in [0.15, 0.2) is 23.9 Å². The van der Waals surface area contributed by atoms with Crippen LogP contribution in [-0.4, -0.2) is 23.5 Å². The summed E-state index contributed by atoms with van der Waals surface area (Å²) in [7, 11) is 0. The Morgan fingerprint density at radius 1 is 1.44 bits per heavy atom. The molecule has 98 valence electrons. The first kappa shape index (κ1) is 14.0. The highest BCUT2D eigenvalue weighted by Gasteiger charge is 2.11. The second-order valence-corrected chi connectivity index (χ2v) is 3.77. The summed E-state index contributed by atoms with van der Waals surface area (Å²) in [5.74, 6) is -0.606. The van der Waals surface area contributed by atoms with Crippen molar-refractivity contribution in [2.45, 2.75) is 27.2 Å². The molecule has 0 radical (unpaired) electrons. The van der Waals surface area contributed by atoms with Gasteiger partial charge in [-0.1, -0.05) is 13.0 Å². The summed E-state index contributed by atoms with van der Waals surface area (Å²) in [4.78, 5) is 25.9. The molecule has 0 spiro atoms. The summed E-state index contributed by atoms with van der Waals surface area (Å²) < 4.78 is 4.84. The molecular formula is C13H18N2O3. The Bertz CT molecular complexity index is 461. The largest absolute Gasteiger partial charge is 0.461 e. The number of anilines is 1. The van der Waals surface area contributed by atoms with E-state index in [-0.39, 0.29) is 5.91 Å². The third kappa shape index (κ3) is 3.76. The SMILES string of the molecule is CC/C=C(/C)C(=O)Nc1c[nH]c(C(=O)OCC)c1. The first-order valence-corrected chi connectivity index (χ1v) is 5.92. The van der Waals surface area contributed by atoms with Crippen molar-refractivity contribution in [2.75, 3.05) is 11.9 Å². The molecule has 1 aromatic heterocycles. The molecule has 0 aliphatic heterocycles. The third-order valence-corrected chi connectivity index (χ3v) is 2.30. The van der Waals surface area contributed by atoms with Gasteiger partial charge >= 0.3 is 5.97 Å². The number of ether oxygens (including phenoxy) is 1. The fraction of sp³-hybridized carbons (Fsp3) is 0.385. The van der Waals surface area contributed by atoms with Crippen LogP contribution in [0.25, 0.3) is 0 Å². The Balaban J connectivity index is 2.67. The molecule has 5 heteroatoms. The van der Waals surface area contributed by atoms with E-state index in [1.54, 1.807) is 26.1 Å². The average molecular weight is 250 g/mol. The van der Waals surface area contributed by atoms with Crippen LogP contribution in [0.2, 0.25) is 0 Å². The van der Waals surface area contributed by atoms with Gasteiger partial charge in [-0.2, -0.15) is 0 Å². The number of carbonyl (C=O) groups excluding carboxylic acids is 2. The maximum Gasteiger partial charge on any atom is 0.354 e. The van der Waals surface area contributed by atoms with E-state index in [4.69, 9.17) is 4.74 Å². The molecule has 0 aromatic carbocycles. The number of esters is 1. The van der Waals surface area contributed by atoms with E-state index in [9.17, 15) is 9.59 Å². The lowest BCUT2D eigenvalue weighted by atomic mass is 10.2. The third-order valence-electron chi connectivity index (χ3n) is 2.30. The molecule has 1 amide bonds. The highest BCUT2D eigenvalue weighted by Crippen LogP contribution is 2.12. The lowest BCUT2D eigenvalue weighted by Gasteiger charge is -2.02. The van der Waals surface area contributed by atoms with Gasteiger partial charge in [-0.15, -0.1) is 0 Å². The number of aromatic nitrogens is 1. The minimum atomic E-state index is -0.432. The van der Waals surface area contributed by atoms with Crippen molar-refractivity contribution in [3.8, 4) is 0 Å². The molecular weight excluding hydrogens is 232 g/mol. The maximum atomic E-state index is 11.7. The van der Waals surface area contributed by atoms with E-state index in [1.165, 1.54) is 0 Å². The van der Waals surface area contributed by atoms with Gasteiger partial charge in [0.1, 0.15) is 5.69 Å². The second kappa shape index (κ2) is 6.64. The number of nitrogens with one attached hydrogen (secondary N) is 2. The highest BCUT2D eigenvalue weighted by atomic mass is 16.5. The van der Waals surface area contributed by atoms with Gasteiger partial charge in [0.15, 0.2) is 0 Å². The van der Waals surface area contributed by atoms with Gasteiger partial charge in [0.2, 0.25) is 0 Å². The molecule has 2 N–H and O–H groups in total. The molecule has 0 aliphatic carbocycles. The number of carbonyl (C=O) groups is 2. The molecule has 0 saturated carbocycles. The molecule has 0 unspecified atom stereocenters. The monoisotopic (exact) mass is 250 g/mol. The van der Waals surface area contributed by atoms with Gasteiger partial charge in [0, 0.05) is 11.8 Å². The van der Waals surface area contributed by atoms with Gasteiger partial charge in [-0.3, -0.25) is 4.79 Å². The first-order chi connectivity index (χ1) is 8.58. The zero-order chi connectivity index (χ0) is 13.5. The van der Waals surface area contributed by atoms with Crippen LogP contribution in [0.5, 0.6) is 0 Å². The van der Waals surface area contributed by atoms with Gasteiger partial charge in [-0.25, -0.2) is 4.79 Å². The quantitative estimate of drug-likeness (QED) is 0.623. The second-order valence-electron chi connectivity index (χ2n) is 3.77. The lowest BCUT2D eigenvalue weighted by molar-refractivity contribution is -0.112. The molecule has 0 bridgehead atoms. The van der Waals surface area contributed by atoms with E-state index in [0.29, 0.717) is 23.6 Å². The van der Waals surface area contributed by atoms with Crippen LogP contribution in [0.4, 0.5) is 5.69 Å². The van der Waals surface area contributed by atoms with Gasteiger partial charge in [0.25, 0.3) is 5.91 Å². The lowest BCUT2D eigenvalue weighted by Crippen LogP contribution is -2.12. The zero-order valence-electron chi connectivity index (χ0n) is 10.9. The van der Waals surface area contributed by atoms with E-state index in [1.807, 2.05) is 13.0 Å². The molecule has 0 saturated heterocycles. The Labute approximate surface area is 106 Å². The maximum absolute atomic E-state index is 11.7. The van der Waals surface area contributed by atoms with Crippen molar-refractivity contribution < 1.29 is 14.3 Å². The minimum Gasteiger partial charge on any atom is -0.461 e. The topological polar surface area (TPSA) is 71.2 Å².